The SMILES string of the molecule is CCCCCCCCCCCC(=O)OC(CCCCCCCC)[C@H]1O[C@@H](OCc2ccccc2)[C@H](OCc2ccccc2)[C@@H](OCc2ccccc2)[C@@H]1OCc1ccccc1. The molecule has 7 nitrogen and oxygen atoms in total. The Labute approximate surface area is 367 Å². The minimum atomic E-state index is -0.839. The molecule has 7 heteroatoms. The van der Waals surface area contributed by atoms with E-state index in [0.29, 0.717) is 39.3 Å². The standard InChI is InChI=1S/C54H74O7/c1-3-5-7-9-11-12-13-15-29-39-49(55)60-48(38-28-14-10-8-6-4-2)50-51(56-40-44-30-20-16-21-31-44)52(57-41-45-32-22-17-23-33-45)53(58-42-46-34-24-18-25-35-46)54(61-50)59-43-47-36-26-19-27-37-47/h16-27,30-37,48,50-54H,3-15,28-29,38-43H2,1-2H3/t48?,50-,51-,52+,53-,54-/m1/s1. The Bertz CT molecular complexity index is 1670. The molecule has 0 N–H and O–H groups in total. The van der Waals surface area contributed by atoms with E-state index in [9.17, 15) is 4.79 Å². The van der Waals surface area contributed by atoms with Gasteiger partial charge in [-0.15, -0.1) is 0 Å². The molecule has 1 fully saturated rings. The Morgan fingerprint density at radius 3 is 1.30 bits per heavy atom. The molecule has 4 aromatic carbocycles. The van der Waals surface area contributed by atoms with Gasteiger partial charge < -0.3 is 28.4 Å². The molecule has 0 amide bonds. The van der Waals surface area contributed by atoms with E-state index in [1.807, 2.05) is 84.9 Å². The van der Waals surface area contributed by atoms with E-state index < -0.39 is 36.8 Å². The number of hydrogen-bond donors (Lipinski definition) is 0. The summed E-state index contributed by atoms with van der Waals surface area (Å²) >= 11 is 0. The van der Waals surface area contributed by atoms with Crippen molar-refractivity contribution in [2.75, 3.05) is 0 Å². The largest absolute Gasteiger partial charge is 0.459 e. The highest BCUT2D eigenvalue weighted by Crippen LogP contribution is 2.35. The second-order valence-corrected chi connectivity index (χ2v) is 16.7. The smallest absolute Gasteiger partial charge is 0.306 e. The van der Waals surface area contributed by atoms with Crippen LogP contribution in [0.15, 0.2) is 121 Å². The predicted molar refractivity (Wildman–Crippen MR) is 245 cm³/mol. The van der Waals surface area contributed by atoms with Crippen molar-refractivity contribution in [3.8, 4) is 0 Å². The first-order valence-electron chi connectivity index (χ1n) is 23.6. The molecule has 0 radical (unpaired) electrons. The molecule has 0 aliphatic carbocycles. The Balaban J connectivity index is 1.44. The number of ether oxygens (including phenoxy) is 6. The lowest BCUT2D eigenvalue weighted by molar-refractivity contribution is -0.337. The van der Waals surface area contributed by atoms with Gasteiger partial charge in [0.15, 0.2) is 6.29 Å². The third kappa shape index (κ3) is 18.2. The first kappa shape index (κ1) is 48.2. The fourth-order valence-corrected chi connectivity index (χ4v) is 8.10. The molecule has 0 aromatic heterocycles. The Morgan fingerprint density at radius 1 is 0.459 bits per heavy atom. The van der Waals surface area contributed by atoms with E-state index in [2.05, 4.69) is 50.2 Å². The first-order valence-corrected chi connectivity index (χ1v) is 23.6. The van der Waals surface area contributed by atoms with Gasteiger partial charge >= 0.3 is 5.97 Å². The molecule has 332 valence electrons. The molecule has 5 rings (SSSR count). The van der Waals surface area contributed by atoms with Crippen LogP contribution in [0.2, 0.25) is 0 Å². The normalized spacial score (nSPS) is 19.4. The summed E-state index contributed by atoms with van der Waals surface area (Å²) in [5, 5.41) is 0. The number of unbranched alkanes of at least 4 members (excludes halogenated alkanes) is 13. The van der Waals surface area contributed by atoms with Crippen LogP contribution in [0.25, 0.3) is 0 Å². The molecule has 1 heterocycles. The Morgan fingerprint density at radius 2 is 0.836 bits per heavy atom. The molecule has 1 aliphatic heterocycles. The highest BCUT2D eigenvalue weighted by Gasteiger charge is 2.52. The minimum absolute atomic E-state index is 0.185. The Hall–Kier alpha value is -3.85. The van der Waals surface area contributed by atoms with Crippen molar-refractivity contribution in [2.24, 2.45) is 0 Å². The van der Waals surface area contributed by atoms with Gasteiger partial charge in [0.2, 0.25) is 0 Å². The zero-order chi connectivity index (χ0) is 42.6. The summed E-state index contributed by atoms with van der Waals surface area (Å²) in [6, 6.07) is 40.6. The van der Waals surface area contributed by atoms with Crippen molar-refractivity contribution >= 4 is 5.97 Å². The van der Waals surface area contributed by atoms with Crippen molar-refractivity contribution in [1.82, 2.24) is 0 Å². The molecule has 1 aliphatic rings. The van der Waals surface area contributed by atoms with Crippen LogP contribution in [0, 0.1) is 0 Å². The van der Waals surface area contributed by atoms with Crippen molar-refractivity contribution in [1.29, 1.82) is 0 Å². The maximum absolute atomic E-state index is 13.9. The van der Waals surface area contributed by atoms with Crippen molar-refractivity contribution in [3.05, 3.63) is 144 Å². The topological polar surface area (TPSA) is 72.5 Å². The van der Waals surface area contributed by atoms with E-state index in [0.717, 1.165) is 60.8 Å². The van der Waals surface area contributed by atoms with E-state index in [-0.39, 0.29) is 5.97 Å². The molecular weight excluding hydrogens is 761 g/mol. The summed E-state index contributed by atoms with van der Waals surface area (Å²) in [4.78, 5) is 13.9. The molecule has 0 saturated carbocycles. The third-order valence-corrected chi connectivity index (χ3v) is 11.6. The average Bonchev–Trinajstić information content (AvgIpc) is 3.30. The second-order valence-electron chi connectivity index (χ2n) is 16.7. The molecule has 6 atom stereocenters. The number of benzene rings is 4. The van der Waals surface area contributed by atoms with Gasteiger partial charge in [0.25, 0.3) is 0 Å². The molecule has 0 spiro atoms. The zero-order valence-corrected chi connectivity index (χ0v) is 37.2. The molecule has 1 saturated heterocycles. The lowest BCUT2D eigenvalue weighted by Crippen LogP contribution is -2.63. The zero-order valence-electron chi connectivity index (χ0n) is 37.2. The number of rotatable bonds is 31. The van der Waals surface area contributed by atoms with Crippen LogP contribution in [0.3, 0.4) is 0 Å². The van der Waals surface area contributed by atoms with E-state index in [1.54, 1.807) is 0 Å². The van der Waals surface area contributed by atoms with Crippen LogP contribution in [-0.2, 0) is 59.6 Å². The first-order chi connectivity index (χ1) is 30.1. The number of esters is 1. The molecule has 4 aromatic rings. The van der Waals surface area contributed by atoms with Gasteiger partial charge in [0.05, 0.1) is 26.4 Å². The van der Waals surface area contributed by atoms with Gasteiger partial charge in [-0.1, -0.05) is 219 Å². The van der Waals surface area contributed by atoms with Gasteiger partial charge in [-0.05, 0) is 41.5 Å². The number of carbonyl (C=O) groups is 1. The minimum Gasteiger partial charge on any atom is -0.459 e. The van der Waals surface area contributed by atoms with Crippen molar-refractivity contribution < 1.29 is 33.2 Å². The average molecular weight is 835 g/mol. The molecule has 61 heavy (non-hydrogen) atoms. The molecule has 0 bridgehead atoms. The lowest BCUT2D eigenvalue weighted by Gasteiger charge is -2.47. The summed E-state index contributed by atoms with van der Waals surface area (Å²) in [5.41, 5.74) is 4.11. The summed E-state index contributed by atoms with van der Waals surface area (Å²) in [7, 11) is 0. The van der Waals surface area contributed by atoms with Gasteiger partial charge in [-0.2, -0.15) is 0 Å². The third-order valence-electron chi connectivity index (χ3n) is 11.6. The van der Waals surface area contributed by atoms with Gasteiger partial charge in [0, 0.05) is 6.42 Å². The van der Waals surface area contributed by atoms with Gasteiger partial charge in [0.1, 0.15) is 30.5 Å². The van der Waals surface area contributed by atoms with E-state index in [1.165, 1.54) is 57.8 Å². The molecule has 1 unspecified atom stereocenters. The van der Waals surface area contributed by atoms with Crippen molar-refractivity contribution in [3.63, 3.8) is 0 Å². The van der Waals surface area contributed by atoms with Crippen LogP contribution in [0.5, 0.6) is 0 Å². The van der Waals surface area contributed by atoms with E-state index >= 15 is 0 Å². The quantitative estimate of drug-likeness (QED) is 0.0369. The van der Waals surface area contributed by atoms with Gasteiger partial charge in [-0.25, -0.2) is 0 Å². The maximum atomic E-state index is 13.9. The van der Waals surface area contributed by atoms with Gasteiger partial charge in [-0.3, -0.25) is 4.79 Å². The fourth-order valence-electron chi connectivity index (χ4n) is 8.10. The van der Waals surface area contributed by atoms with Crippen LogP contribution >= 0.6 is 0 Å². The highest BCUT2D eigenvalue weighted by atomic mass is 16.7. The number of carbonyl (C=O) groups excluding carboxylic acids is 1. The van der Waals surface area contributed by atoms with E-state index in [4.69, 9.17) is 28.4 Å². The number of hydrogen-bond acceptors (Lipinski definition) is 7. The second kappa shape index (κ2) is 29.5. The van der Waals surface area contributed by atoms with Crippen LogP contribution in [-0.4, -0.2) is 42.8 Å². The van der Waals surface area contributed by atoms with Crippen molar-refractivity contribution in [2.45, 2.75) is 186 Å². The van der Waals surface area contributed by atoms with Crippen LogP contribution in [0.1, 0.15) is 145 Å². The fraction of sp³-hybridized carbons (Fsp3) is 0.537. The molecular formula is C54H74O7. The summed E-state index contributed by atoms with van der Waals surface area (Å²) in [6.07, 6.45) is 14.4. The summed E-state index contributed by atoms with van der Waals surface area (Å²) in [6.45, 7) is 5.79. The predicted octanol–water partition coefficient (Wildman–Crippen LogP) is 13.3. The maximum Gasteiger partial charge on any atom is 0.306 e. The lowest BCUT2D eigenvalue weighted by atomic mass is 9.91. The van der Waals surface area contributed by atoms with Crippen LogP contribution in [0.4, 0.5) is 0 Å². The highest BCUT2D eigenvalue weighted by molar-refractivity contribution is 5.69. The monoisotopic (exact) mass is 835 g/mol. The summed E-state index contributed by atoms with van der Waals surface area (Å²) in [5.74, 6) is -0.185. The van der Waals surface area contributed by atoms with Crippen LogP contribution < -0.4 is 0 Å². The Kier molecular flexibility index (Phi) is 23.3. The summed E-state index contributed by atoms with van der Waals surface area (Å²) < 4.78 is 41.2.